The summed E-state index contributed by atoms with van der Waals surface area (Å²) in [6, 6.07) is 13.3. The molecule has 142 valence electrons. The number of nitrogens with zero attached hydrogens (tertiary/aromatic N) is 1. The molecule has 0 unspecified atom stereocenters. The number of carbonyl (C=O) groups is 2. The predicted octanol–water partition coefficient (Wildman–Crippen LogP) is 3.40. The van der Waals surface area contributed by atoms with E-state index >= 15 is 0 Å². The average Bonchev–Trinajstić information content (AvgIpc) is 2.66. The lowest BCUT2D eigenvalue weighted by atomic mass is 9.97. The van der Waals surface area contributed by atoms with E-state index in [9.17, 15) is 9.59 Å². The van der Waals surface area contributed by atoms with Gasteiger partial charge >= 0.3 is 5.97 Å². The summed E-state index contributed by atoms with van der Waals surface area (Å²) in [5.74, 6) is -0.384. The second-order valence-electron chi connectivity index (χ2n) is 6.81. The third-order valence-electron chi connectivity index (χ3n) is 4.57. The molecule has 0 aliphatic carbocycles. The van der Waals surface area contributed by atoms with E-state index in [0.29, 0.717) is 18.0 Å². The summed E-state index contributed by atoms with van der Waals surface area (Å²) in [7, 11) is 1.69. The second kappa shape index (κ2) is 8.44. The minimum atomic E-state index is -0.439. The van der Waals surface area contributed by atoms with Crippen molar-refractivity contribution < 1.29 is 19.1 Å². The van der Waals surface area contributed by atoms with Crippen LogP contribution in [0.2, 0.25) is 5.02 Å². The average molecular weight is 388 g/mol. The number of aryl methyl sites for hydroxylation is 1. The van der Waals surface area contributed by atoms with Crippen molar-refractivity contribution in [1.29, 1.82) is 0 Å². The van der Waals surface area contributed by atoms with Crippen molar-refractivity contribution in [3.8, 4) is 5.75 Å². The molecule has 0 N–H and O–H groups in total. The summed E-state index contributed by atoms with van der Waals surface area (Å²) in [5.41, 5.74) is 3.06. The molecule has 6 heteroatoms. The van der Waals surface area contributed by atoms with Gasteiger partial charge in [-0.2, -0.15) is 0 Å². The molecule has 1 aliphatic rings. The van der Waals surface area contributed by atoms with Gasteiger partial charge in [0.15, 0.2) is 6.61 Å². The Morgan fingerprint density at radius 2 is 1.96 bits per heavy atom. The van der Waals surface area contributed by atoms with Gasteiger partial charge in [0.1, 0.15) is 12.4 Å². The van der Waals surface area contributed by atoms with Gasteiger partial charge in [-0.05, 0) is 42.7 Å². The number of hydrogen-bond donors (Lipinski definition) is 0. The third kappa shape index (κ3) is 5.01. The molecule has 2 aromatic rings. The molecular formula is C21H22ClNO4. The zero-order valence-corrected chi connectivity index (χ0v) is 16.2. The maximum Gasteiger partial charge on any atom is 0.313 e. The van der Waals surface area contributed by atoms with Crippen LogP contribution >= 0.6 is 11.6 Å². The molecule has 0 radical (unpaired) electrons. The molecule has 2 aromatic carbocycles. The summed E-state index contributed by atoms with van der Waals surface area (Å²) in [6.45, 7) is 2.44. The van der Waals surface area contributed by atoms with Gasteiger partial charge in [-0.25, -0.2) is 0 Å². The molecule has 0 bridgehead atoms. The SMILES string of the molecule is Cc1ccc(CN(C)C(=O)COC(=O)[C@@H]2COc3ccc(Cl)cc3C2)cc1. The summed E-state index contributed by atoms with van der Waals surface area (Å²) >= 11 is 5.99. The van der Waals surface area contributed by atoms with Gasteiger partial charge in [0.05, 0.1) is 5.92 Å². The van der Waals surface area contributed by atoms with Crippen molar-refractivity contribution in [3.63, 3.8) is 0 Å². The molecule has 5 nitrogen and oxygen atoms in total. The minimum absolute atomic E-state index is 0.237. The molecular weight excluding hydrogens is 366 g/mol. The van der Waals surface area contributed by atoms with Gasteiger partial charge in [0.25, 0.3) is 5.91 Å². The molecule has 1 atom stereocenters. The highest BCUT2D eigenvalue weighted by Crippen LogP contribution is 2.30. The van der Waals surface area contributed by atoms with Crippen LogP contribution in [0.3, 0.4) is 0 Å². The van der Waals surface area contributed by atoms with Gasteiger partial charge in [0.2, 0.25) is 0 Å². The Morgan fingerprint density at radius 1 is 1.22 bits per heavy atom. The zero-order chi connectivity index (χ0) is 19.4. The molecule has 1 aliphatic heterocycles. The van der Waals surface area contributed by atoms with E-state index in [-0.39, 0.29) is 19.1 Å². The van der Waals surface area contributed by atoms with Gasteiger partial charge in [0, 0.05) is 18.6 Å². The Balaban J connectivity index is 1.49. The van der Waals surface area contributed by atoms with Gasteiger partial charge in [-0.1, -0.05) is 41.4 Å². The maximum atomic E-state index is 12.3. The highest BCUT2D eigenvalue weighted by Gasteiger charge is 2.28. The number of benzene rings is 2. The van der Waals surface area contributed by atoms with E-state index < -0.39 is 11.9 Å². The van der Waals surface area contributed by atoms with Crippen LogP contribution in [-0.4, -0.2) is 37.0 Å². The van der Waals surface area contributed by atoms with Crippen molar-refractivity contribution in [2.45, 2.75) is 19.9 Å². The number of likely N-dealkylation sites (N-methyl/N-ethyl adjacent to an activating group) is 1. The fraction of sp³-hybridized carbons (Fsp3) is 0.333. The first-order chi connectivity index (χ1) is 12.9. The fourth-order valence-corrected chi connectivity index (χ4v) is 3.13. The number of fused-ring (bicyclic) bond motifs is 1. The number of esters is 1. The van der Waals surface area contributed by atoms with E-state index in [2.05, 4.69) is 0 Å². The van der Waals surface area contributed by atoms with Crippen LogP contribution in [0.5, 0.6) is 5.75 Å². The zero-order valence-electron chi connectivity index (χ0n) is 15.4. The summed E-state index contributed by atoms with van der Waals surface area (Å²) in [5, 5.41) is 0.597. The summed E-state index contributed by atoms with van der Waals surface area (Å²) in [4.78, 5) is 26.1. The molecule has 1 amide bonds. The number of hydrogen-bond acceptors (Lipinski definition) is 4. The van der Waals surface area contributed by atoms with Crippen LogP contribution in [0.1, 0.15) is 16.7 Å². The van der Waals surface area contributed by atoms with Crippen LogP contribution in [0.25, 0.3) is 0 Å². The predicted molar refractivity (Wildman–Crippen MR) is 103 cm³/mol. The van der Waals surface area contributed by atoms with Crippen LogP contribution in [0.4, 0.5) is 0 Å². The number of halogens is 1. The Kier molecular flexibility index (Phi) is 6.01. The van der Waals surface area contributed by atoms with Crippen LogP contribution in [0.15, 0.2) is 42.5 Å². The highest BCUT2D eigenvalue weighted by atomic mass is 35.5. The topological polar surface area (TPSA) is 55.8 Å². The number of ether oxygens (including phenoxy) is 2. The monoisotopic (exact) mass is 387 g/mol. The number of amides is 1. The highest BCUT2D eigenvalue weighted by molar-refractivity contribution is 6.30. The molecule has 0 saturated heterocycles. The van der Waals surface area contributed by atoms with E-state index in [1.165, 1.54) is 5.56 Å². The normalized spacial score (nSPS) is 15.4. The van der Waals surface area contributed by atoms with E-state index in [1.54, 1.807) is 30.1 Å². The van der Waals surface area contributed by atoms with Crippen LogP contribution < -0.4 is 4.74 Å². The lowest BCUT2D eigenvalue weighted by Gasteiger charge is -2.24. The lowest BCUT2D eigenvalue weighted by Crippen LogP contribution is -2.34. The second-order valence-corrected chi connectivity index (χ2v) is 7.24. The molecule has 3 rings (SSSR count). The summed E-state index contributed by atoms with van der Waals surface area (Å²) < 4.78 is 10.8. The van der Waals surface area contributed by atoms with Crippen molar-refractivity contribution in [3.05, 3.63) is 64.2 Å². The smallest absolute Gasteiger partial charge is 0.313 e. The lowest BCUT2D eigenvalue weighted by molar-refractivity contribution is -0.156. The molecule has 0 spiro atoms. The standard InChI is InChI=1S/C21H22ClNO4/c1-14-3-5-15(6-4-14)11-23(2)20(24)13-27-21(25)17-9-16-10-18(22)7-8-19(16)26-12-17/h3-8,10,17H,9,11-13H2,1-2H3/t17-/m0/s1. The van der Waals surface area contributed by atoms with Gasteiger partial charge in [-0.15, -0.1) is 0 Å². The third-order valence-corrected chi connectivity index (χ3v) is 4.80. The van der Waals surface area contributed by atoms with E-state index in [0.717, 1.165) is 16.9 Å². The first kappa shape index (κ1) is 19.2. The van der Waals surface area contributed by atoms with Gasteiger partial charge in [-0.3, -0.25) is 9.59 Å². The Bertz CT molecular complexity index is 835. The maximum absolute atomic E-state index is 12.3. The molecule has 0 saturated carbocycles. The quantitative estimate of drug-likeness (QED) is 0.738. The van der Waals surface area contributed by atoms with Crippen LogP contribution in [-0.2, 0) is 27.3 Å². The van der Waals surface area contributed by atoms with Crippen molar-refractivity contribution in [1.82, 2.24) is 4.90 Å². The number of rotatable bonds is 5. The van der Waals surface area contributed by atoms with E-state index in [4.69, 9.17) is 21.1 Å². The Labute approximate surface area is 163 Å². The summed E-state index contributed by atoms with van der Waals surface area (Å²) in [6.07, 6.45) is 0.488. The Hall–Kier alpha value is -2.53. The number of carbonyl (C=O) groups excluding carboxylic acids is 2. The first-order valence-corrected chi connectivity index (χ1v) is 9.17. The van der Waals surface area contributed by atoms with Crippen molar-refractivity contribution >= 4 is 23.5 Å². The first-order valence-electron chi connectivity index (χ1n) is 8.80. The van der Waals surface area contributed by atoms with E-state index in [1.807, 2.05) is 31.2 Å². The molecule has 0 aromatic heterocycles. The molecule has 27 heavy (non-hydrogen) atoms. The van der Waals surface area contributed by atoms with Gasteiger partial charge < -0.3 is 14.4 Å². The minimum Gasteiger partial charge on any atom is -0.492 e. The molecule has 1 heterocycles. The van der Waals surface area contributed by atoms with Crippen molar-refractivity contribution in [2.75, 3.05) is 20.3 Å². The molecule has 0 fully saturated rings. The fourth-order valence-electron chi connectivity index (χ4n) is 2.93. The Morgan fingerprint density at radius 3 is 2.70 bits per heavy atom. The van der Waals surface area contributed by atoms with Crippen LogP contribution in [0, 0.1) is 12.8 Å². The largest absolute Gasteiger partial charge is 0.492 e. The van der Waals surface area contributed by atoms with Crippen molar-refractivity contribution in [2.24, 2.45) is 5.92 Å².